The zero-order valence-electron chi connectivity index (χ0n) is 16.6. The number of carbonyl (C=O) groups is 2. The average molecular weight is 398 g/mol. The second-order valence-corrected chi connectivity index (χ2v) is 7.16. The second kappa shape index (κ2) is 8.66. The van der Waals surface area contributed by atoms with Gasteiger partial charge in [-0.1, -0.05) is 60.2 Å². The molecule has 4 rings (SSSR count). The Balaban J connectivity index is 1.56. The number of amides is 2. The molecule has 0 aliphatic rings. The van der Waals surface area contributed by atoms with Crippen LogP contribution < -0.4 is 10.6 Å². The van der Waals surface area contributed by atoms with Crippen LogP contribution in [0.25, 0.3) is 11.0 Å². The first kappa shape index (κ1) is 19.5. The molecule has 0 aliphatic heterocycles. The number of carbonyl (C=O) groups excluding carboxylic acids is 2. The summed E-state index contributed by atoms with van der Waals surface area (Å²) in [5.74, 6) is -0.493. The number of fused-ring (bicyclic) bond motifs is 1. The van der Waals surface area contributed by atoms with E-state index in [0.29, 0.717) is 35.2 Å². The SMILES string of the molecule is Cc1ccc(NC(=O)c2oc3ccccc3c2NC(=O)CCc2ccccc2)cc1. The minimum Gasteiger partial charge on any atom is -0.449 e. The van der Waals surface area contributed by atoms with Crippen molar-refractivity contribution in [3.05, 3.63) is 95.7 Å². The molecule has 1 aromatic heterocycles. The number of anilines is 2. The molecule has 150 valence electrons. The number of aryl methyl sites for hydroxylation is 2. The van der Waals surface area contributed by atoms with Crippen LogP contribution in [0.3, 0.4) is 0 Å². The highest BCUT2D eigenvalue weighted by Gasteiger charge is 2.22. The Labute approximate surface area is 174 Å². The van der Waals surface area contributed by atoms with Crippen LogP contribution in [-0.4, -0.2) is 11.8 Å². The normalized spacial score (nSPS) is 10.7. The lowest BCUT2D eigenvalue weighted by Gasteiger charge is -2.08. The molecule has 0 bridgehead atoms. The molecule has 0 aliphatic carbocycles. The quantitative estimate of drug-likeness (QED) is 0.446. The predicted molar refractivity (Wildman–Crippen MR) is 119 cm³/mol. The zero-order valence-corrected chi connectivity index (χ0v) is 16.6. The maximum absolute atomic E-state index is 12.9. The molecule has 5 heteroatoms. The first-order valence-corrected chi connectivity index (χ1v) is 9.83. The molecule has 0 atom stereocenters. The molecule has 2 amide bonds. The fourth-order valence-electron chi connectivity index (χ4n) is 3.26. The van der Waals surface area contributed by atoms with Crippen molar-refractivity contribution in [1.29, 1.82) is 0 Å². The van der Waals surface area contributed by atoms with E-state index in [2.05, 4.69) is 10.6 Å². The van der Waals surface area contributed by atoms with Gasteiger partial charge in [-0.2, -0.15) is 0 Å². The number of hydrogen-bond donors (Lipinski definition) is 2. The van der Waals surface area contributed by atoms with Gasteiger partial charge < -0.3 is 15.1 Å². The summed E-state index contributed by atoms with van der Waals surface area (Å²) in [6.07, 6.45) is 0.926. The molecule has 0 fully saturated rings. The third kappa shape index (κ3) is 4.41. The summed E-state index contributed by atoms with van der Waals surface area (Å²) in [5, 5.41) is 6.41. The molecule has 3 aromatic carbocycles. The maximum atomic E-state index is 12.9. The van der Waals surface area contributed by atoms with Crippen molar-refractivity contribution in [3.8, 4) is 0 Å². The highest BCUT2D eigenvalue weighted by molar-refractivity contribution is 6.14. The van der Waals surface area contributed by atoms with E-state index in [1.54, 1.807) is 6.07 Å². The highest BCUT2D eigenvalue weighted by atomic mass is 16.3. The van der Waals surface area contributed by atoms with Gasteiger partial charge in [0, 0.05) is 17.5 Å². The van der Waals surface area contributed by atoms with Gasteiger partial charge in [-0.05, 0) is 43.2 Å². The number of nitrogens with one attached hydrogen (secondary N) is 2. The van der Waals surface area contributed by atoms with Crippen molar-refractivity contribution in [2.75, 3.05) is 10.6 Å². The van der Waals surface area contributed by atoms with Crippen LogP contribution in [0.4, 0.5) is 11.4 Å². The monoisotopic (exact) mass is 398 g/mol. The fourth-order valence-corrected chi connectivity index (χ4v) is 3.26. The lowest BCUT2D eigenvalue weighted by molar-refractivity contribution is -0.116. The van der Waals surface area contributed by atoms with Crippen molar-refractivity contribution < 1.29 is 14.0 Å². The van der Waals surface area contributed by atoms with Crippen LogP contribution in [0.15, 0.2) is 83.3 Å². The lowest BCUT2D eigenvalue weighted by Crippen LogP contribution is -2.17. The van der Waals surface area contributed by atoms with Gasteiger partial charge in [-0.3, -0.25) is 9.59 Å². The van der Waals surface area contributed by atoms with E-state index < -0.39 is 5.91 Å². The summed E-state index contributed by atoms with van der Waals surface area (Å²) >= 11 is 0. The molecule has 0 radical (unpaired) electrons. The van der Waals surface area contributed by atoms with Crippen molar-refractivity contribution in [2.45, 2.75) is 19.8 Å². The molecule has 0 saturated heterocycles. The molecule has 1 heterocycles. The van der Waals surface area contributed by atoms with Crippen LogP contribution in [0, 0.1) is 6.92 Å². The van der Waals surface area contributed by atoms with Crippen LogP contribution in [0.5, 0.6) is 0 Å². The van der Waals surface area contributed by atoms with E-state index in [9.17, 15) is 9.59 Å². The number of benzene rings is 3. The fraction of sp³-hybridized carbons (Fsp3) is 0.120. The Kier molecular flexibility index (Phi) is 5.61. The van der Waals surface area contributed by atoms with Gasteiger partial charge in [-0.25, -0.2) is 0 Å². The summed E-state index contributed by atoms with van der Waals surface area (Å²) in [7, 11) is 0. The Morgan fingerprint density at radius 1 is 0.833 bits per heavy atom. The van der Waals surface area contributed by atoms with Crippen LogP contribution in [0.1, 0.15) is 28.1 Å². The van der Waals surface area contributed by atoms with Gasteiger partial charge >= 0.3 is 0 Å². The van der Waals surface area contributed by atoms with Gasteiger partial charge in [0.25, 0.3) is 5.91 Å². The van der Waals surface area contributed by atoms with E-state index in [4.69, 9.17) is 4.42 Å². The Morgan fingerprint density at radius 3 is 2.30 bits per heavy atom. The number of para-hydroxylation sites is 1. The molecule has 0 saturated carbocycles. The molecule has 30 heavy (non-hydrogen) atoms. The van der Waals surface area contributed by atoms with Crippen LogP contribution in [-0.2, 0) is 11.2 Å². The first-order chi connectivity index (χ1) is 14.6. The summed E-state index contributed by atoms with van der Waals surface area (Å²) < 4.78 is 5.79. The van der Waals surface area contributed by atoms with Gasteiger partial charge in [0.1, 0.15) is 11.3 Å². The van der Waals surface area contributed by atoms with Crippen molar-refractivity contribution in [3.63, 3.8) is 0 Å². The van der Waals surface area contributed by atoms with E-state index >= 15 is 0 Å². The highest BCUT2D eigenvalue weighted by Crippen LogP contribution is 2.31. The molecule has 0 unspecified atom stereocenters. The van der Waals surface area contributed by atoms with Gasteiger partial charge in [0.2, 0.25) is 11.7 Å². The zero-order chi connectivity index (χ0) is 20.9. The molecule has 4 aromatic rings. The molecular weight excluding hydrogens is 376 g/mol. The van der Waals surface area contributed by atoms with E-state index in [0.717, 1.165) is 11.1 Å². The number of furan rings is 1. The van der Waals surface area contributed by atoms with Crippen LogP contribution in [0.2, 0.25) is 0 Å². The molecule has 0 spiro atoms. The Bertz CT molecular complexity index is 1180. The van der Waals surface area contributed by atoms with E-state index in [1.165, 1.54) is 0 Å². The number of hydrogen-bond acceptors (Lipinski definition) is 3. The van der Waals surface area contributed by atoms with Crippen LogP contribution >= 0.6 is 0 Å². The second-order valence-electron chi connectivity index (χ2n) is 7.16. The minimum atomic E-state index is -0.409. The summed E-state index contributed by atoms with van der Waals surface area (Å²) in [5.41, 5.74) is 3.79. The predicted octanol–water partition coefficient (Wildman–Crippen LogP) is 5.56. The Morgan fingerprint density at radius 2 is 1.53 bits per heavy atom. The molecule has 2 N–H and O–H groups in total. The summed E-state index contributed by atoms with van der Waals surface area (Å²) in [6, 6.07) is 24.6. The van der Waals surface area contributed by atoms with Crippen molar-refractivity contribution in [1.82, 2.24) is 0 Å². The third-order valence-electron chi connectivity index (χ3n) is 4.86. The molecular formula is C25H22N2O3. The van der Waals surface area contributed by atoms with E-state index in [-0.39, 0.29) is 11.7 Å². The minimum absolute atomic E-state index is 0.0878. The van der Waals surface area contributed by atoms with Gasteiger partial charge in [0.15, 0.2) is 0 Å². The average Bonchev–Trinajstić information content (AvgIpc) is 3.13. The summed E-state index contributed by atoms with van der Waals surface area (Å²) in [6.45, 7) is 1.98. The smallest absolute Gasteiger partial charge is 0.293 e. The van der Waals surface area contributed by atoms with Gasteiger partial charge in [-0.15, -0.1) is 0 Å². The summed E-state index contributed by atoms with van der Waals surface area (Å²) in [4.78, 5) is 25.5. The molecule has 5 nitrogen and oxygen atoms in total. The standard InChI is InChI=1S/C25H22N2O3/c1-17-11-14-19(15-12-17)26-25(29)24-23(20-9-5-6-10-21(20)30-24)27-22(28)16-13-18-7-3-2-4-8-18/h2-12,14-15H,13,16H2,1H3,(H,26,29)(H,27,28). The Hall–Kier alpha value is -3.86. The van der Waals surface area contributed by atoms with Crippen molar-refractivity contribution >= 4 is 34.2 Å². The number of rotatable bonds is 6. The van der Waals surface area contributed by atoms with Gasteiger partial charge in [0.05, 0.1) is 0 Å². The first-order valence-electron chi connectivity index (χ1n) is 9.83. The maximum Gasteiger partial charge on any atom is 0.293 e. The largest absolute Gasteiger partial charge is 0.449 e. The van der Waals surface area contributed by atoms with Crippen molar-refractivity contribution in [2.24, 2.45) is 0 Å². The lowest BCUT2D eigenvalue weighted by atomic mass is 10.1. The topological polar surface area (TPSA) is 71.3 Å². The van der Waals surface area contributed by atoms with E-state index in [1.807, 2.05) is 79.7 Å². The third-order valence-corrected chi connectivity index (χ3v) is 4.86.